The number of aliphatic hydroxyl groups excluding tert-OH is 1. The van der Waals surface area contributed by atoms with Crippen molar-refractivity contribution in [2.24, 2.45) is 35.0 Å². The Hall–Kier alpha value is -0.615. The topological polar surface area (TPSA) is 44.0 Å². The molecule has 1 radical (unpaired) electrons. The van der Waals surface area contributed by atoms with Crippen LogP contribution in [0.25, 0.3) is 0 Å². The molecule has 3 fully saturated rings. The quantitative estimate of drug-likeness (QED) is 0.728. The van der Waals surface area contributed by atoms with Gasteiger partial charge in [-0.05, 0) is 0 Å². The summed E-state index contributed by atoms with van der Waals surface area (Å²) >= 11 is 0. The van der Waals surface area contributed by atoms with E-state index in [0.29, 0.717) is 29.1 Å². The summed E-state index contributed by atoms with van der Waals surface area (Å²) < 4.78 is 0. The van der Waals surface area contributed by atoms with E-state index in [1.165, 1.54) is 6.42 Å². The molecule has 2 nitrogen and oxygen atoms in total. The van der Waals surface area contributed by atoms with Gasteiger partial charge in [-0.25, -0.2) is 0 Å². The van der Waals surface area contributed by atoms with E-state index in [0.717, 1.165) is 12.8 Å². The van der Waals surface area contributed by atoms with Crippen molar-refractivity contribution in [3.05, 3.63) is 0 Å². The Morgan fingerprint density at radius 1 is 1.41 bits per heavy atom. The number of nitriles is 1. The Kier molecular flexibility index (Phi) is 2.33. The van der Waals surface area contributed by atoms with Crippen LogP contribution in [0.15, 0.2) is 0 Å². The molecule has 3 saturated carbocycles. The van der Waals surface area contributed by atoms with Gasteiger partial charge in [-0.1, -0.05) is 0 Å². The predicted octanol–water partition coefficient (Wildman–Crippen LogP) is 1.53. The number of fused-ring (bicyclic) bond motifs is 4. The Morgan fingerprint density at radius 2 is 2.12 bits per heavy atom. The van der Waals surface area contributed by atoms with Gasteiger partial charge in [0, 0.05) is 0 Å². The van der Waals surface area contributed by atoms with Crippen LogP contribution < -0.4 is 0 Å². The summed E-state index contributed by atoms with van der Waals surface area (Å²) in [5, 5.41) is 19.4. The maximum absolute atomic E-state index is 10.3. The summed E-state index contributed by atoms with van der Waals surface area (Å²) in [7, 11) is 5.78. The fourth-order valence-corrected chi connectivity index (χ4v) is 4.98. The van der Waals surface area contributed by atoms with E-state index >= 15 is 0 Å². The van der Waals surface area contributed by atoms with Crippen molar-refractivity contribution in [2.45, 2.75) is 39.2 Å². The van der Waals surface area contributed by atoms with E-state index in [-0.39, 0.29) is 11.3 Å². The Labute approximate surface area is 104 Å². The van der Waals surface area contributed by atoms with E-state index in [9.17, 15) is 5.11 Å². The number of hydrogen-bond acceptors (Lipinski definition) is 2. The van der Waals surface area contributed by atoms with Crippen molar-refractivity contribution in [1.29, 1.82) is 5.26 Å². The Bertz CT molecular complexity index is 415. The van der Waals surface area contributed by atoms with Crippen LogP contribution in [0.5, 0.6) is 0 Å². The number of hydrogen-bond donors (Lipinski definition) is 1. The Morgan fingerprint density at radius 3 is 2.71 bits per heavy atom. The molecule has 89 valence electrons. The zero-order valence-corrected chi connectivity index (χ0v) is 10.6. The van der Waals surface area contributed by atoms with Crippen LogP contribution in [-0.2, 0) is 0 Å². The number of nitrogens with zero attached hydrogens (tertiary/aromatic N) is 1. The molecule has 3 rings (SSSR count). The van der Waals surface area contributed by atoms with Crippen LogP contribution in [0.4, 0.5) is 0 Å². The molecule has 0 aromatic carbocycles. The first-order valence-corrected chi connectivity index (χ1v) is 6.66. The monoisotopic (exact) mass is 228 g/mol. The molecule has 6 unspecified atom stereocenters. The summed E-state index contributed by atoms with van der Waals surface area (Å²) in [6.07, 6.45) is 2.91. The van der Waals surface area contributed by atoms with Gasteiger partial charge in [0.25, 0.3) is 0 Å². The summed E-state index contributed by atoms with van der Waals surface area (Å²) in [6.45, 7) is 4.00. The minimum absolute atomic E-state index is 0.00131. The summed E-state index contributed by atoms with van der Waals surface area (Å²) in [4.78, 5) is 0. The Balaban J connectivity index is 1.82. The third-order valence-corrected chi connectivity index (χ3v) is 5.82. The molecule has 3 aliphatic carbocycles. The molecule has 0 aromatic heterocycles. The molecule has 0 aromatic rings. The molecule has 2 bridgehead atoms. The van der Waals surface area contributed by atoms with E-state index in [1.807, 2.05) is 6.92 Å². The van der Waals surface area contributed by atoms with Crippen molar-refractivity contribution < 1.29 is 5.11 Å². The van der Waals surface area contributed by atoms with Gasteiger partial charge in [0.05, 0.1) is 0 Å². The SMILES string of the molecule is [B]=C(C)C(O)[C@@]1(C)C2CC3CC(CC3C#N)C21. The van der Waals surface area contributed by atoms with Crippen LogP contribution in [0.3, 0.4) is 0 Å². The van der Waals surface area contributed by atoms with E-state index in [2.05, 4.69) is 13.0 Å². The molecule has 0 saturated heterocycles. The fraction of sp³-hybridized carbons (Fsp3) is 0.857. The molecular weight excluding hydrogens is 209 g/mol. The molecule has 1 N–H and O–H groups in total. The van der Waals surface area contributed by atoms with E-state index < -0.39 is 6.10 Å². The molecule has 0 aliphatic heterocycles. The summed E-state index contributed by atoms with van der Waals surface area (Å²) in [5.41, 5.74) is 0.646. The van der Waals surface area contributed by atoms with Gasteiger partial charge in [-0.2, -0.15) is 0 Å². The van der Waals surface area contributed by atoms with Crippen molar-refractivity contribution in [3.63, 3.8) is 0 Å². The first-order valence-electron chi connectivity index (χ1n) is 6.66. The second-order valence-corrected chi connectivity index (χ2v) is 6.61. The maximum atomic E-state index is 10.3. The van der Waals surface area contributed by atoms with Crippen LogP contribution in [0.1, 0.15) is 33.1 Å². The van der Waals surface area contributed by atoms with Crippen LogP contribution in [0.2, 0.25) is 0 Å². The first-order chi connectivity index (χ1) is 8.00. The van der Waals surface area contributed by atoms with Gasteiger partial charge >= 0.3 is 104 Å². The van der Waals surface area contributed by atoms with Crippen LogP contribution >= 0.6 is 0 Å². The third-order valence-electron chi connectivity index (χ3n) is 5.82. The van der Waals surface area contributed by atoms with Crippen LogP contribution in [-0.4, -0.2) is 24.2 Å². The summed E-state index contributed by atoms with van der Waals surface area (Å²) in [6, 6.07) is 2.46. The minimum atomic E-state index is -0.461. The molecule has 0 amide bonds. The number of aliphatic hydroxyl groups is 1. The molecule has 0 heterocycles. The van der Waals surface area contributed by atoms with Gasteiger partial charge in [0.2, 0.25) is 0 Å². The first kappa shape index (κ1) is 11.5. The van der Waals surface area contributed by atoms with Crippen molar-refractivity contribution in [1.82, 2.24) is 0 Å². The van der Waals surface area contributed by atoms with Gasteiger partial charge in [-0.15, -0.1) is 0 Å². The van der Waals surface area contributed by atoms with E-state index in [4.69, 9.17) is 12.7 Å². The van der Waals surface area contributed by atoms with Gasteiger partial charge in [0.1, 0.15) is 0 Å². The molecule has 17 heavy (non-hydrogen) atoms. The molecule has 3 aliphatic rings. The molecule has 3 heteroatoms. The van der Waals surface area contributed by atoms with Gasteiger partial charge in [0.15, 0.2) is 0 Å². The molecular formula is C14H19BNO. The number of rotatable bonds is 2. The van der Waals surface area contributed by atoms with Gasteiger partial charge < -0.3 is 0 Å². The second kappa shape index (κ2) is 3.45. The zero-order valence-electron chi connectivity index (χ0n) is 10.6. The van der Waals surface area contributed by atoms with Gasteiger partial charge in [-0.3, -0.25) is 0 Å². The summed E-state index contributed by atoms with van der Waals surface area (Å²) in [5.74, 6) is 2.71. The van der Waals surface area contributed by atoms with Crippen molar-refractivity contribution in [3.8, 4) is 6.07 Å². The van der Waals surface area contributed by atoms with Crippen molar-refractivity contribution >= 4 is 13.0 Å². The van der Waals surface area contributed by atoms with Crippen LogP contribution in [0, 0.1) is 46.3 Å². The van der Waals surface area contributed by atoms with E-state index in [1.54, 1.807) is 0 Å². The second-order valence-electron chi connectivity index (χ2n) is 6.61. The fourth-order valence-electron chi connectivity index (χ4n) is 4.98. The standard InChI is InChI=1S/C14H19BNO/c1-7(15)13(17)14(2)11-5-8-3-9(12(11)14)4-10(8)6-16/h8-13,17H,3-5H2,1-2H3/t8?,9?,10?,11?,12?,13?,14-/m0/s1. The normalized spacial score (nSPS) is 52.4. The average molecular weight is 228 g/mol. The molecule has 0 spiro atoms. The van der Waals surface area contributed by atoms with Crippen molar-refractivity contribution in [2.75, 3.05) is 0 Å². The zero-order chi connectivity index (χ0) is 12.4. The average Bonchev–Trinajstić information content (AvgIpc) is 2.77. The molecule has 7 atom stereocenters. The predicted molar refractivity (Wildman–Crippen MR) is 67.5 cm³/mol. The third kappa shape index (κ3) is 1.34.